The third-order valence-electron chi connectivity index (χ3n) is 3.33. The van der Waals surface area contributed by atoms with Crippen LogP contribution in [0.2, 0.25) is 10.0 Å². The highest BCUT2D eigenvalue weighted by Gasteiger charge is 2.20. The van der Waals surface area contributed by atoms with Crippen molar-refractivity contribution in [3.8, 4) is 0 Å². The summed E-state index contributed by atoms with van der Waals surface area (Å²) in [6.07, 6.45) is 0. The molecule has 0 aliphatic heterocycles. The zero-order chi connectivity index (χ0) is 16.7. The van der Waals surface area contributed by atoms with Crippen LogP contribution in [0.3, 0.4) is 0 Å². The molecule has 3 aromatic rings. The summed E-state index contributed by atoms with van der Waals surface area (Å²) in [6, 6.07) is 6.37. The average Bonchev–Trinajstić information content (AvgIpc) is 2.80. The second-order valence-corrected chi connectivity index (χ2v) is 6.75. The number of nitrogens with two attached hydrogens (primary N) is 1. The molecule has 4 N–H and O–H groups in total. The van der Waals surface area contributed by atoms with Crippen LogP contribution < -0.4 is 16.6 Å². The number of fused-ring (bicyclic) bond motifs is 1. The first-order valence-corrected chi connectivity index (χ1v) is 8.13. The number of carbonyl (C=O) groups excluding carboxylic acids is 1. The Kier molecular flexibility index (Phi) is 4.06. The van der Waals surface area contributed by atoms with E-state index in [9.17, 15) is 9.59 Å². The van der Waals surface area contributed by atoms with Gasteiger partial charge in [0.2, 0.25) is 5.56 Å². The predicted octanol–water partition coefficient (Wildman–Crippen LogP) is 4.04. The van der Waals surface area contributed by atoms with Crippen LogP contribution in [-0.4, -0.2) is 10.9 Å². The fourth-order valence-corrected chi connectivity index (χ4v) is 3.87. The number of aryl methyl sites for hydroxylation is 1. The summed E-state index contributed by atoms with van der Waals surface area (Å²) in [4.78, 5) is 27.6. The minimum absolute atomic E-state index is 0.239. The maximum Gasteiger partial charge on any atom is 0.268 e. The van der Waals surface area contributed by atoms with Crippen molar-refractivity contribution in [2.24, 2.45) is 0 Å². The van der Waals surface area contributed by atoms with E-state index in [4.69, 9.17) is 28.9 Å². The van der Waals surface area contributed by atoms with Gasteiger partial charge in [-0.25, -0.2) is 0 Å². The molecule has 3 rings (SSSR count). The quantitative estimate of drug-likeness (QED) is 0.638. The molecule has 1 amide bonds. The second-order valence-electron chi connectivity index (χ2n) is 4.92. The number of nitrogen functional groups attached to an aromatic ring is 1. The van der Waals surface area contributed by atoms with Gasteiger partial charge in [0.25, 0.3) is 5.91 Å². The first kappa shape index (κ1) is 15.9. The number of amides is 1. The molecule has 0 fully saturated rings. The lowest BCUT2D eigenvalue weighted by Crippen LogP contribution is -2.12. The van der Waals surface area contributed by atoms with Crippen LogP contribution in [0.4, 0.5) is 11.4 Å². The highest BCUT2D eigenvalue weighted by atomic mass is 35.5. The topological polar surface area (TPSA) is 88.0 Å². The van der Waals surface area contributed by atoms with E-state index in [0.717, 1.165) is 11.3 Å². The zero-order valence-corrected chi connectivity index (χ0v) is 14.2. The molecule has 2 heterocycles. The predicted molar refractivity (Wildman–Crippen MR) is 96.0 cm³/mol. The second kappa shape index (κ2) is 5.88. The lowest BCUT2D eigenvalue weighted by atomic mass is 10.1. The Labute approximate surface area is 145 Å². The van der Waals surface area contributed by atoms with Gasteiger partial charge in [-0.15, -0.1) is 11.3 Å². The monoisotopic (exact) mass is 367 g/mol. The Balaban J connectivity index is 2.07. The largest absolute Gasteiger partial charge is 0.397 e. The van der Waals surface area contributed by atoms with E-state index in [1.807, 2.05) is 0 Å². The molecule has 0 saturated heterocycles. The molecule has 2 aromatic heterocycles. The van der Waals surface area contributed by atoms with Crippen LogP contribution in [0.5, 0.6) is 0 Å². The summed E-state index contributed by atoms with van der Waals surface area (Å²) in [7, 11) is 0. The lowest BCUT2D eigenvalue weighted by molar-refractivity contribution is 0.103. The van der Waals surface area contributed by atoms with E-state index in [2.05, 4.69) is 10.3 Å². The molecule has 0 radical (unpaired) electrons. The molecule has 0 saturated carbocycles. The van der Waals surface area contributed by atoms with Crippen LogP contribution in [0.15, 0.2) is 29.1 Å². The summed E-state index contributed by atoms with van der Waals surface area (Å²) < 4.78 is 0. The minimum Gasteiger partial charge on any atom is -0.397 e. The molecule has 5 nitrogen and oxygen atoms in total. The lowest BCUT2D eigenvalue weighted by Gasteiger charge is -2.08. The molecular weight excluding hydrogens is 357 g/mol. The number of carbonyl (C=O) groups is 1. The summed E-state index contributed by atoms with van der Waals surface area (Å²) in [5.74, 6) is -0.432. The number of thiophene rings is 1. The van der Waals surface area contributed by atoms with Gasteiger partial charge in [0.05, 0.1) is 21.4 Å². The molecule has 23 heavy (non-hydrogen) atoms. The van der Waals surface area contributed by atoms with Crippen molar-refractivity contribution < 1.29 is 4.79 Å². The van der Waals surface area contributed by atoms with Gasteiger partial charge in [-0.05, 0) is 24.6 Å². The third kappa shape index (κ3) is 2.81. The number of halogens is 2. The molecule has 0 unspecified atom stereocenters. The van der Waals surface area contributed by atoms with Gasteiger partial charge in [-0.2, -0.15) is 0 Å². The van der Waals surface area contributed by atoms with Crippen molar-refractivity contribution in [1.29, 1.82) is 0 Å². The summed E-state index contributed by atoms with van der Waals surface area (Å²) in [5, 5.41) is 4.00. The van der Waals surface area contributed by atoms with E-state index >= 15 is 0 Å². The molecule has 0 atom stereocenters. The van der Waals surface area contributed by atoms with E-state index < -0.39 is 5.91 Å². The van der Waals surface area contributed by atoms with Gasteiger partial charge >= 0.3 is 0 Å². The van der Waals surface area contributed by atoms with Crippen molar-refractivity contribution in [2.75, 3.05) is 11.1 Å². The Morgan fingerprint density at radius 1 is 1.30 bits per heavy atom. The fraction of sp³-hybridized carbons (Fsp3) is 0.0667. The van der Waals surface area contributed by atoms with Crippen molar-refractivity contribution in [3.63, 3.8) is 0 Å². The standard InChI is InChI=1S/C15H11Cl2N3O2S/c1-6-5-9(21)19-15-10(6)11(18)13(23-15)14(22)20-12-7(16)3-2-4-8(12)17/h2-5H,18H2,1H3,(H,19,21)(H,20,22). The SMILES string of the molecule is Cc1cc(=O)[nH]c2sc(C(=O)Nc3c(Cl)cccc3Cl)c(N)c12. The van der Waals surface area contributed by atoms with Gasteiger partial charge in [0.1, 0.15) is 9.71 Å². The fourth-order valence-electron chi connectivity index (χ4n) is 2.30. The molecule has 0 aliphatic carbocycles. The normalized spacial score (nSPS) is 10.9. The van der Waals surface area contributed by atoms with Crippen LogP contribution in [0.1, 0.15) is 15.2 Å². The van der Waals surface area contributed by atoms with Gasteiger partial charge in [-0.3, -0.25) is 9.59 Å². The number of aromatic nitrogens is 1. The van der Waals surface area contributed by atoms with Gasteiger partial charge in [0.15, 0.2) is 0 Å². The highest BCUT2D eigenvalue weighted by Crippen LogP contribution is 2.36. The van der Waals surface area contributed by atoms with Crippen LogP contribution >= 0.6 is 34.5 Å². The Morgan fingerprint density at radius 2 is 1.96 bits per heavy atom. The minimum atomic E-state index is -0.432. The first-order valence-electron chi connectivity index (χ1n) is 6.55. The molecule has 8 heteroatoms. The van der Waals surface area contributed by atoms with Crippen molar-refractivity contribution in [2.45, 2.75) is 6.92 Å². The van der Waals surface area contributed by atoms with E-state index in [0.29, 0.717) is 42.1 Å². The first-order chi connectivity index (χ1) is 10.9. The van der Waals surface area contributed by atoms with Crippen molar-refractivity contribution in [1.82, 2.24) is 4.98 Å². The number of pyridine rings is 1. The Hall–Kier alpha value is -2.02. The van der Waals surface area contributed by atoms with Gasteiger partial charge in [-0.1, -0.05) is 29.3 Å². The van der Waals surface area contributed by atoms with Crippen molar-refractivity contribution >= 4 is 62.0 Å². The van der Waals surface area contributed by atoms with E-state index in [1.54, 1.807) is 25.1 Å². The number of anilines is 2. The maximum atomic E-state index is 12.5. The smallest absolute Gasteiger partial charge is 0.268 e. The number of nitrogens with one attached hydrogen (secondary N) is 2. The molecule has 0 bridgehead atoms. The third-order valence-corrected chi connectivity index (χ3v) is 5.08. The van der Waals surface area contributed by atoms with Crippen LogP contribution in [0.25, 0.3) is 10.2 Å². The van der Waals surface area contributed by atoms with Gasteiger partial charge in [0, 0.05) is 11.5 Å². The highest BCUT2D eigenvalue weighted by molar-refractivity contribution is 7.21. The van der Waals surface area contributed by atoms with E-state index in [-0.39, 0.29) is 5.56 Å². The number of rotatable bonds is 2. The molecule has 0 spiro atoms. The van der Waals surface area contributed by atoms with Crippen molar-refractivity contribution in [3.05, 3.63) is 55.1 Å². The van der Waals surface area contributed by atoms with E-state index in [1.165, 1.54) is 6.07 Å². The molecule has 0 aliphatic rings. The van der Waals surface area contributed by atoms with Crippen LogP contribution in [-0.2, 0) is 0 Å². The number of benzene rings is 1. The maximum absolute atomic E-state index is 12.5. The number of aromatic amines is 1. The molecular formula is C15H11Cl2N3O2S. The summed E-state index contributed by atoms with van der Waals surface area (Å²) in [6.45, 7) is 1.77. The van der Waals surface area contributed by atoms with Gasteiger partial charge < -0.3 is 16.0 Å². The van der Waals surface area contributed by atoms with Crippen LogP contribution in [0, 0.1) is 6.92 Å². The zero-order valence-electron chi connectivity index (χ0n) is 11.9. The molecule has 1 aromatic carbocycles. The number of para-hydroxylation sites is 1. The Bertz CT molecular complexity index is 974. The number of H-pyrrole nitrogens is 1. The molecule has 118 valence electrons. The number of hydrogen-bond donors (Lipinski definition) is 3. The summed E-state index contributed by atoms with van der Waals surface area (Å²) >= 11 is 13.2. The number of hydrogen-bond acceptors (Lipinski definition) is 4. The Morgan fingerprint density at radius 3 is 2.61 bits per heavy atom. The summed E-state index contributed by atoms with van der Waals surface area (Å²) in [5.41, 5.74) is 7.20. The average molecular weight is 368 g/mol.